The van der Waals surface area contributed by atoms with Gasteiger partial charge in [-0.05, 0) is 49.7 Å². The molecule has 0 saturated heterocycles. The Hall–Kier alpha value is -2.60. The minimum Gasteiger partial charge on any atom is -0.494 e. The minimum absolute atomic E-state index is 0.173. The summed E-state index contributed by atoms with van der Waals surface area (Å²) >= 11 is 0. The van der Waals surface area contributed by atoms with Crippen molar-refractivity contribution >= 4 is 26.6 Å². The van der Waals surface area contributed by atoms with Crippen LogP contribution in [-0.4, -0.2) is 20.5 Å². The van der Waals surface area contributed by atoms with Crippen molar-refractivity contribution in [1.82, 2.24) is 4.98 Å². The highest BCUT2D eigenvalue weighted by Gasteiger charge is 2.20. The maximum atomic E-state index is 12.9. The van der Waals surface area contributed by atoms with E-state index >= 15 is 0 Å². The molecule has 1 heterocycles. The number of ether oxygens (including phenoxy) is 1. The second-order valence-electron chi connectivity index (χ2n) is 5.59. The predicted octanol–water partition coefficient (Wildman–Crippen LogP) is 3.66. The average molecular weight is 342 g/mol. The van der Waals surface area contributed by atoms with Crippen molar-refractivity contribution in [2.75, 3.05) is 11.8 Å². The van der Waals surface area contributed by atoms with Gasteiger partial charge in [-0.1, -0.05) is 17.7 Å². The molecule has 0 radical (unpaired) electrons. The second-order valence-corrected chi connectivity index (χ2v) is 7.24. The number of pyridine rings is 1. The Morgan fingerprint density at radius 1 is 1.08 bits per heavy atom. The van der Waals surface area contributed by atoms with Crippen LogP contribution in [0.2, 0.25) is 0 Å². The third-order valence-corrected chi connectivity index (χ3v) is 5.25. The molecule has 1 aromatic heterocycles. The van der Waals surface area contributed by atoms with Crippen LogP contribution >= 0.6 is 0 Å². The van der Waals surface area contributed by atoms with E-state index in [-0.39, 0.29) is 4.90 Å². The smallest absolute Gasteiger partial charge is 0.262 e. The first kappa shape index (κ1) is 16.3. The standard InChI is InChI=1S/C18H18N2O3S/c1-12-6-7-15(13(2)11-12)20-24(21,22)17-9-8-16(23-3)18-14(17)5-4-10-19-18/h4-11,20H,1-3H3. The van der Waals surface area contributed by atoms with Crippen LogP contribution in [0, 0.1) is 13.8 Å². The largest absolute Gasteiger partial charge is 0.494 e. The van der Waals surface area contributed by atoms with E-state index in [4.69, 9.17) is 4.74 Å². The Kier molecular flexibility index (Phi) is 4.15. The lowest BCUT2D eigenvalue weighted by Gasteiger charge is -2.14. The van der Waals surface area contributed by atoms with Crippen LogP contribution in [-0.2, 0) is 10.0 Å². The molecule has 0 aliphatic rings. The quantitative estimate of drug-likeness (QED) is 0.785. The number of fused-ring (bicyclic) bond motifs is 1. The molecule has 3 rings (SSSR count). The normalized spacial score (nSPS) is 11.5. The van der Waals surface area contributed by atoms with Gasteiger partial charge in [-0.2, -0.15) is 0 Å². The molecular weight excluding hydrogens is 324 g/mol. The number of rotatable bonds is 4. The molecular formula is C18H18N2O3S. The summed E-state index contributed by atoms with van der Waals surface area (Å²) in [5.74, 6) is 0.538. The van der Waals surface area contributed by atoms with Gasteiger partial charge in [0.15, 0.2) is 0 Å². The molecule has 0 aliphatic heterocycles. The van der Waals surface area contributed by atoms with Crippen molar-refractivity contribution in [3.8, 4) is 5.75 Å². The van der Waals surface area contributed by atoms with Gasteiger partial charge in [0.05, 0.1) is 17.7 Å². The summed E-state index contributed by atoms with van der Waals surface area (Å²) in [6.45, 7) is 3.84. The lowest BCUT2D eigenvalue weighted by molar-refractivity contribution is 0.418. The minimum atomic E-state index is -3.75. The van der Waals surface area contributed by atoms with Crippen LogP contribution in [0.3, 0.4) is 0 Å². The van der Waals surface area contributed by atoms with Gasteiger partial charge in [-0.3, -0.25) is 9.71 Å². The number of anilines is 1. The lowest BCUT2D eigenvalue weighted by Crippen LogP contribution is -2.14. The summed E-state index contributed by atoms with van der Waals surface area (Å²) in [5, 5.41) is 0.522. The van der Waals surface area contributed by atoms with Crippen LogP contribution < -0.4 is 9.46 Å². The Balaban J connectivity index is 2.12. The number of nitrogens with one attached hydrogen (secondary N) is 1. The Labute approximate surface area is 141 Å². The highest BCUT2D eigenvalue weighted by Crippen LogP contribution is 2.30. The third kappa shape index (κ3) is 2.92. The van der Waals surface area contributed by atoms with Gasteiger partial charge in [0.1, 0.15) is 11.3 Å². The fourth-order valence-corrected chi connectivity index (χ4v) is 3.98. The van der Waals surface area contributed by atoms with E-state index in [1.807, 2.05) is 26.0 Å². The van der Waals surface area contributed by atoms with Crippen LogP contribution in [0.15, 0.2) is 53.6 Å². The molecule has 0 fully saturated rings. The van der Waals surface area contributed by atoms with Crippen molar-refractivity contribution in [3.63, 3.8) is 0 Å². The number of aromatic nitrogens is 1. The zero-order valence-corrected chi connectivity index (χ0v) is 14.5. The fourth-order valence-electron chi connectivity index (χ4n) is 2.65. The van der Waals surface area contributed by atoms with Gasteiger partial charge in [-0.25, -0.2) is 8.42 Å². The summed E-state index contributed by atoms with van der Waals surface area (Å²) in [4.78, 5) is 4.42. The number of methoxy groups -OCH3 is 1. The molecule has 5 nitrogen and oxygen atoms in total. The summed E-state index contributed by atoms with van der Waals surface area (Å²) in [7, 11) is -2.21. The molecule has 0 bridgehead atoms. The number of aryl methyl sites for hydroxylation is 2. The first-order valence-corrected chi connectivity index (χ1v) is 8.92. The number of hydrogen-bond donors (Lipinski definition) is 1. The topological polar surface area (TPSA) is 68.3 Å². The van der Waals surface area contributed by atoms with Gasteiger partial charge in [0, 0.05) is 11.6 Å². The molecule has 0 unspecified atom stereocenters. The highest BCUT2D eigenvalue weighted by molar-refractivity contribution is 7.93. The zero-order chi connectivity index (χ0) is 17.3. The van der Waals surface area contributed by atoms with E-state index in [9.17, 15) is 8.42 Å². The zero-order valence-electron chi connectivity index (χ0n) is 13.7. The summed E-state index contributed by atoms with van der Waals surface area (Å²) in [6.07, 6.45) is 1.61. The first-order chi connectivity index (χ1) is 11.4. The van der Waals surface area contributed by atoms with E-state index < -0.39 is 10.0 Å². The van der Waals surface area contributed by atoms with Crippen molar-refractivity contribution in [1.29, 1.82) is 0 Å². The van der Waals surface area contributed by atoms with Crippen LogP contribution in [0.4, 0.5) is 5.69 Å². The van der Waals surface area contributed by atoms with Crippen molar-refractivity contribution in [2.45, 2.75) is 18.7 Å². The highest BCUT2D eigenvalue weighted by atomic mass is 32.2. The van der Waals surface area contributed by atoms with E-state index in [1.54, 1.807) is 30.5 Å². The van der Waals surface area contributed by atoms with Crippen molar-refractivity contribution in [2.24, 2.45) is 0 Å². The molecule has 3 aromatic rings. The molecule has 0 amide bonds. The third-order valence-electron chi connectivity index (χ3n) is 3.83. The van der Waals surface area contributed by atoms with E-state index in [2.05, 4.69) is 9.71 Å². The van der Waals surface area contributed by atoms with Crippen LogP contribution in [0.25, 0.3) is 10.9 Å². The van der Waals surface area contributed by atoms with Crippen LogP contribution in [0.1, 0.15) is 11.1 Å². The van der Waals surface area contributed by atoms with Gasteiger partial charge in [0.25, 0.3) is 10.0 Å². The van der Waals surface area contributed by atoms with E-state index in [1.165, 1.54) is 13.2 Å². The summed E-state index contributed by atoms with van der Waals surface area (Å²) in [5.41, 5.74) is 3.03. The Morgan fingerprint density at radius 3 is 2.58 bits per heavy atom. The average Bonchev–Trinajstić information content (AvgIpc) is 2.56. The Morgan fingerprint density at radius 2 is 1.88 bits per heavy atom. The van der Waals surface area contributed by atoms with E-state index in [0.717, 1.165) is 11.1 Å². The maximum Gasteiger partial charge on any atom is 0.262 e. The molecule has 24 heavy (non-hydrogen) atoms. The van der Waals surface area contributed by atoms with Gasteiger partial charge >= 0.3 is 0 Å². The second kappa shape index (κ2) is 6.13. The molecule has 124 valence electrons. The molecule has 0 saturated carbocycles. The molecule has 0 aliphatic carbocycles. The first-order valence-electron chi connectivity index (χ1n) is 7.44. The molecule has 6 heteroatoms. The van der Waals surface area contributed by atoms with E-state index in [0.29, 0.717) is 22.3 Å². The van der Waals surface area contributed by atoms with Gasteiger partial charge < -0.3 is 4.74 Å². The number of nitrogens with zero attached hydrogens (tertiary/aromatic N) is 1. The molecule has 1 N–H and O–H groups in total. The predicted molar refractivity (Wildman–Crippen MR) is 95.0 cm³/mol. The van der Waals surface area contributed by atoms with Crippen molar-refractivity contribution in [3.05, 3.63) is 59.8 Å². The molecule has 2 aromatic carbocycles. The van der Waals surface area contributed by atoms with Gasteiger partial charge in [0.2, 0.25) is 0 Å². The number of benzene rings is 2. The fraction of sp³-hybridized carbons (Fsp3) is 0.167. The maximum absolute atomic E-state index is 12.9. The van der Waals surface area contributed by atoms with Crippen molar-refractivity contribution < 1.29 is 13.2 Å². The Bertz CT molecular complexity index is 1010. The lowest BCUT2D eigenvalue weighted by atomic mass is 10.1. The van der Waals surface area contributed by atoms with Crippen LogP contribution in [0.5, 0.6) is 5.75 Å². The SMILES string of the molecule is COc1ccc(S(=O)(=O)Nc2ccc(C)cc2C)c2cccnc12. The summed E-state index contributed by atoms with van der Waals surface area (Å²) in [6, 6.07) is 12.2. The number of hydrogen-bond acceptors (Lipinski definition) is 4. The summed E-state index contributed by atoms with van der Waals surface area (Å²) < 4.78 is 33.7. The molecule has 0 atom stereocenters. The van der Waals surface area contributed by atoms with Gasteiger partial charge in [-0.15, -0.1) is 0 Å². The monoisotopic (exact) mass is 342 g/mol. The number of sulfonamides is 1. The molecule has 0 spiro atoms.